The van der Waals surface area contributed by atoms with E-state index in [2.05, 4.69) is 82.5 Å². The Morgan fingerprint density at radius 1 is 0.929 bits per heavy atom. The Bertz CT molecular complexity index is 124. The molecule has 2 nitrogen and oxygen atoms in total. The Morgan fingerprint density at radius 2 is 1.14 bits per heavy atom. The fraction of sp³-hybridized carbons (Fsp3) is 0.667. The van der Waals surface area contributed by atoms with E-state index in [4.69, 9.17) is 0 Å². The molecule has 0 aliphatic rings. The summed E-state index contributed by atoms with van der Waals surface area (Å²) in [5, 5.41) is 0. The third-order valence-corrected chi connectivity index (χ3v) is 1.03. The van der Waals surface area contributed by atoms with Gasteiger partial charge in [-0.3, -0.25) is 0 Å². The van der Waals surface area contributed by atoms with E-state index >= 15 is 0 Å². The standard InChI is InChI=1S/2C3H6OS2.H2S2/c2*1-2-4-3(5)6;1-2/h2*2H2,1H3,(H,5,6);1-2H. The van der Waals surface area contributed by atoms with Crippen molar-refractivity contribution >= 4 is 81.8 Å². The van der Waals surface area contributed by atoms with Gasteiger partial charge >= 0.3 is 0 Å². The van der Waals surface area contributed by atoms with Gasteiger partial charge in [0.2, 0.25) is 8.77 Å². The Labute approximate surface area is 118 Å². The second-order valence-electron chi connectivity index (χ2n) is 1.40. The molecular weight excluding hydrogens is 296 g/mol. The fourth-order valence-electron chi connectivity index (χ4n) is 0.247. The minimum Gasteiger partial charge on any atom is -0.479 e. The van der Waals surface area contributed by atoms with Gasteiger partial charge in [0.1, 0.15) is 0 Å². The van der Waals surface area contributed by atoms with Crippen molar-refractivity contribution in [2.45, 2.75) is 13.8 Å². The highest BCUT2D eigenvalue weighted by Gasteiger charge is 1.78. The lowest BCUT2D eigenvalue weighted by Crippen LogP contribution is -1.89. The molecule has 0 radical (unpaired) electrons. The zero-order valence-electron chi connectivity index (χ0n) is 7.84. The average Bonchev–Trinajstić information content (AvgIpc) is 2.08. The quantitative estimate of drug-likeness (QED) is 0.356. The number of thiocarbonyl (C=S) groups is 2. The van der Waals surface area contributed by atoms with Crippen molar-refractivity contribution in [3.63, 3.8) is 0 Å². The lowest BCUT2D eigenvalue weighted by Gasteiger charge is -1.92. The van der Waals surface area contributed by atoms with Crippen molar-refractivity contribution in [1.29, 1.82) is 0 Å². The second-order valence-corrected chi connectivity index (χ2v) is 3.56. The summed E-state index contributed by atoms with van der Waals surface area (Å²) in [7, 11) is 0. The van der Waals surface area contributed by atoms with E-state index in [-0.39, 0.29) is 0 Å². The van der Waals surface area contributed by atoms with Crippen LogP contribution in [0.4, 0.5) is 0 Å². The number of rotatable bonds is 2. The SMILES string of the molecule is CCOC(=S)S.CCOC(=S)S.SS. The van der Waals surface area contributed by atoms with Gasteiger partial charge in [0.25, 0.3) is 0 Å². The van der Waals surface area contributed by atoms with Gasteiger partial charge in [0, 0.05) is 0 Å². The molecule has 0 spiro atoms. The minimum absolute atomic E-state index is 0.317. The first-order chi connectivity index (χ1) is 6.54. The van der Waals surface area contributed by atoms with E-state index in [1.807, 2.05) is 13.8 Å². The van der Waals surface area contributed by atoms with Crippen molar-refractivity contribution in [1.82, 2.24) is 0 Å². The van der Waals surface area contributed by atoms with Gasteiger partial charge in [-0.25, -0.2) is 0 Å². The zero-order chi connectivity index (χ0) is 12.0. The van der Waals surface area contributed by atoms with Crippen molar-refractivity contribution in [2.75, 3.05) is 13.2 Å². The summed E-state index contributed by atoms with van der Waals surface area (Å²) in [5.41, 5.74) is 0. The third kappa shape index (κ3) is 37.9. The highest BCUT2D eigenvalue weighted by molar-refractivity contribution is 8.59. The Morgan fingerprint density at radius 3 is 1.14 bits per heavy atom. The van der Waals surface area contributed by atoms with Crippen molar-refractivity contribution < 1.29 is 9.47 Å². The van der Waals surface area contributed by atoms with E-state index < -0.39 is 0 Å². The normalized spacial score (nSPS) is 7.00. The summed E-state index contributed by atoms with van der Waals surface area (Å²) in [6, 6.07) is 0. The molecule has 0 fully saturated rings. The van der Waals surface area contributed by atoms with E-state index in [1.165, 1.54) is 0 Å². The molecule has 0 heterocycles. The van der Waals surface area contributed by atoms with Crippen LogP contribution < -0.4 is 0 Å². The molecular formula is C6H14O2S6. The van der Waals surface area contributed by atoms with Crippen LogP contribution in [-0.4, -0.2) is 22.0 Å². The van der Waals surface area contributed by atoms with Gasteiger partial charge in [-0.1, -0.05) is 25.3 Å². The van der Waals surface area contributed by atoms with Crippen LogP contribution in [0.2, 0.25) is 0 Å². The predicted molar refractivity (Wildman–Crippen MR) is 84.4 cm³/mol. The van der Waals surface area contributed by atoms with Gasteiger partial charge in [-0.2, -0.15) is 0 Å². The van der Waals surface area contributed by atoms with E-state index in [0.29, 0.717) is 22.0 Å². The molecule has 0 saturated carbocycles. The van der Waals surface area contributed by atoms with Gasteiger partial charge in [-0.15, -0.1) is 23.3 Å². The van der Waals surface area contributed by atoms with Crippen molar-refractivity contribution in [2.24, 2.45) is 0 Å². The first kappa shape index (κ1) is 20.6. The van der Waals surface area contributed by atoms with Gasteiger partial charge < -0.3 is 9.47 Å². The van der Waals surface area contributed by atoms with E-state index in [9.17, 15) is 0 Å². The Hall–Kier alpha value is 1.18. The predicted octanol–water partition coefficient (Wildman–Crippen LogP) is 3.24. The van der Waals surface area contributed by atoms with Crippen LogP contribution in [0.1, 0.15) is 13.8 Å². The maximum atomic E-state index is 4.64. The molecule has 0 atom stereocenters. The monoisotopic (exact) mass is 310 g/mol. The summed E-state index contributed by atoms with van der Waals surface area (Å²) in [6.45, 7) is 4.95. The van der Waals surface area contributed by atoms with Crippen molar-refractivity contribution in [3.05, 3.63) is 0 Å². The molecule has 0 aromatic carbocycles. The number of hydrogen-bond acceptors (Lipinski definition) is 6. The molecule has 0 rings (SSSR count). The highest BCUT2D eigenvalue weighted by Crippen LogP contribution is 1.84. The maximum absolute atomic E-state index is 4.64. The van der Waals surface area contributed by atoms with Crippen LogP contribution in [0, 0.1) is 0 Å². The molecule has 0 aromatic rings. The molecule has 0 unspecified atom stereocenters. The van der Waals surface area contributed by atoms with Crippen LogP contribution in [0.15, 0.2) is 0 Å². The zero-order valence-corrected chi connectivity index (χ0v) is 13.0. The molecule has 0 amide bonds. The second kappa shape index (κ2) is 19.7. The lowest BCUT2D eigenvalue weighted by molar-refractivity contribution is 0.346. The summed E-state index contributed by atoms with van der Waals surface area (Å²) in [5.74, 6) is 0. The van der Waals surface area contributed by atoms with Crippen LogP contribution in [-0.2, 0) is 9.47 Å². The maximum Gasteiger partial charge on any atom is 0.216 e. The summed E-state index contributed by atoms with van der Waals surface area (Å²) < 4.78 is 9.91. The first-order valence-electron chi connectivity index (χ1n) is 3.46. The summed E-state index contributed by atoms with van der Waals surface area (Å²) >= 11 is 22.7. The largest absolute Gasteiger partial charge is 0.479 e. The molecule has 0 N–H and O–H groups in total. The van der Waals surface area contributed by atoms with Gasteiger partial charge in [0.05, 0.1) is 13.2 Å². The lowest BCUT2D eigenvalue weighted by atomic mass is 10.9. The molecule has 0 aromatic heterocycles. The first-order valence-corrected chi connectivity index (χ1v) is 6.77. The molecule has 86 valence electrons. The molecule has 0 aliphatic carbocycles. The summed E-state index contributed by atoms with van der Waals surface area (Å²) in [4.78, 5) is 0. The molecule has 0 aliphatic heterocycles. The minimum atomic E-state index is 0.317. The molecule has 14 heavy (non-hydrogen) atoms. The molecule has 0 bridgehead atoms. The summed E-state index contributed by atoms with van der Waals surface area (Å²) in [6.07, 6.45) is 0. The topological polar surface area (TPSA) is 18.5 Å². The molecule has 8 heteroatoms. The van der Waals surface area contributed by atoms with E-state index in [1.54, 1.807) is 0 Å². The molecule has 0 saturated heterocycles. The van der Waals surface area contributed by atoms with Crippen molar-refractivity contribution in [3.8, 4) is 0 Å². The number of thiol groups is 4. The smallest absolute Gasteiger partial charge is 0.216 e. The number of ether oxygens (including phenoxy) is 2. The van der Waals surface area contributed by atoms with Crippen LogP contribution in [0.25, 0.3) is 0 Å². The van der Waals surface area contributed by atoms with Crippen LogP contribution in [0.3, 0.4) is 0 Å². The Kier molecular flexibility index (Phi) is 29.0. The highest BCUT2D eigenvalue weighted by atomic mass is 33.1. The van der Waals surface area contributed by atoms with Gasteiger partial charge in [-0.05, 0) is 38.3 Å². The number of hydrogen-bond donors (Lipinski definition) is 4. The third-order valence-electron chi connectivity index (χ3n) is 0.536. The van der Waals surface area contributed by atoms with Gasteiger partial charge in [0.15, 0.2) is 0 Å². The average molecular weight is 311 g/mol. The van der Waals surface area contributed by atoms with E-state index in [0.717, 1.165) is 0 Å². The van der Waals surface area contributed by atoms with Crippen LogP contribution >= 0.6 is 73.0 Å². The van der Waals surface area contributed by atoms with Crippen LogP contribution in [0.5, 0.6) is 0 Å². The fourth-order valence-corrected chi connectivity index (χ4v) is 0.741. The Balaban J connectivity index is -0.000000147.